The maximum atomic E-state index is 13.5. The lowest BCUT2D eigenvalue weighted by molar-refractivity contribution is 0.0744. The first-order chi connectivity index (χ1) is 15.2. The van der Waals surface area contributed by atoms with Crippen LogP contribution in [-0.2, 0) is 0 Å². The van der Waals surface area contributed by atoms with Crippen molar-refractivity contribution < 1.29 is 13.9 Å². The summed E-state index contributed by atoms with van der Waals surface area (Å²) in [4.78, 5) is 21.8. The van der Waals surface area contributed by atoms with Gasteiger partial charge in [0.25, 0.3) is 5.91 Å². The van der Waals surface area contributed by atoms with Crippen LogP contribution in [0, 0.1) is 5.82 Å². The number of amides is 1. The van der Waals surface area contributed by atoms with Crippen LogP contribution in [0.2, 0.25) is 0 Å². The zero-order valence-electron chi connectivity index (χ0n) is 16.7. The fourth-order valence-electron chi connectivity index (χ4n) is 3.64. The lowest BCUT2D eigenvalue weighted by atomic mass is 10.1. The highest BCUT2D eigenvalue weighted by atomic mass is 32.1. The number of para-hydroxylation sites is 2. The standard InChI is InChI=1S/C24H20FN3O2S/c25-17-10-11-20-22(16-17)31-24(26-20)28-14-12-27(13-15-28)23(29)19-8-4-5-9-21(19)30-18-6-2-1-3-7-18/h1-11,16H,12-15H2. The summed E-state index contributed by atoms with van der Waals surface area (Å²) in [5, 5.41) is 0.862. The number of halogens is 1. The van der Waals surface area contributed by atoms with Crippen molar-refractivity contribution in [3.8, 4) is 11.5 Å². The number of anilines is 1. The molecule has 0 atom stereocenters. The predicted octanol–water partition coefficient (Wildman–Crippen LogP) is 5.19. The van der Waals surface area contributed by atoms with E-state index in [0.29, 0.717) is 43.2 Å². The molecule has 0 saturated carbocycles. The fraction of sp³-hybridized carbons (Fsp3) is 0.167. The number of thiazole rings is 1. The lowest BCUT2D eigenvalue weighted by Gasteiger charge is -2.34. The largest absolute Gasteiger partial charge is 0.457 e. The molecule has 5 rings (SSSR count). The summed E-state index contributed by atoms with van der Waals surface area (Å²) in [7, 11) is 0. The Morgan fingerprint density at radius 2 is 1.68 bits per heavy atom. The summed E-state index contributed by atoms with van der Waals surface area (Å²) in [5.74, 6) is 0.946. The molecule has 1 aliphatic heterocycles. The van der Waals surface area contributed by atoms with Crippen molar-refractivity contribution in [2.45, 2.75) is 0 Å². The van der Waals surface area contributed by atoms with Gasteiger partial charge in [0.15, 0.2) is 5.13 Å². The topological polar surface area (TPSA) is 45.7 Å². The third kappa shape index (κ3) is 4.09. The third-order valence-electron chi connectivity index (χ3n) is 5.27. The molecule has 3 aromatic carbocycles. The van der Waals surface area contributed by atoms with Crippen LogP contribution in [0.5, 0.6) is 11.5 Å². The SMILES string of the molecule is O=C(c1ccccc1Oc1ccccc1)N1CCN(c2nc3ccc(F)cc3s2)CC1. The number of fused-ring (bicyclic) bond motifs is 1. The molecule has 7 heteroatoms. The molecule has 5 nitrogen and oxygen atoms in total. The van der Waals surface area contributed by atoms with Crippen LogP contribution in [-0.4, -0.2) is 42.0 Å². The second kappa shape index (κ2) is 8.35. The van der Waals surface area contributed by atoms with Crippen LogP contribution in [0.4, 0.5) is 9.52 Å². The van der Waals surface area contributed by atoms with Gasteiger partial charge in [0.1, 0.15) is 17.3 Å². The Bertz CT molecular complexity index is 1220. The number of aromatic nitrogens is 1. The lowest BCUT2D eigenvalue weighted by Crippen LogP contribution is -2.48. The van der Waals surface area contributed by atoms with E-state index in [2.05, 4.69) is 9.88 Å². The number of ether oxygens (including phenoxy) is 1. The molecule has 0 bridgehead atoms. The molecular formula is C24H20FN3O2S. The number of nitrogens with zero attached hydrogens (tertiary/aromatic N) is 3. The molecule has 31 heavy (non-hydrogen) atoms. The van der Waals surface area contributed by atoms with Crippen LogP contribution in [0.15, 0.2) is 72.8 Å². The molecule has 2 heterocycles. The number of hydrogen-bond donors (Lipinski definition) is 0. The first-order valence-electron chi connectivity index (χ1n) is 10.1. The van der Waals surface area contributed by atoms with Gasteiger partial charge in [-0.15, -0.1) is 0 Å². The van der Waals surface area contributed by atoms with Crippen molar-refractivity contribution in [1.29, 1.82) is 0 Å². The van der Waals surface area contributed by atoms with E-state index in [0.717, 1.165) is 15.3 Å². The van der Waals surface area contributed by atoms with Gasteiger partial charge < -0.3 is 14.5 Å². The van der Waals surface area contributed by atoms with Gasteiger partial charge in [-0.05, 0) is 42.5 Å². The van der Waals surface area contributed by atoms with Gasteiger partial charge in [-0.25, -0.2) is 9.37 Å². The van der Waals surface area contributed by atoms with E-state index in [4.69, 9.17) is 4.74 Å². The van der Waals surface area contributed by atoms with Gasteiger partial charge in [-0.2, -0.15) is 0 Å². The Morgan fingerprint density at radius 1 is 0.935 bits per heavy atom. The smallest absolute Gasteiger partial charge is 0.257 e. The number of piperazine rings is 1. The molecular weight excluding hydrogens is 413 g/mol. The molecule has 1 saturated heterocycles. The van der Waals surface area contributed by atoms with E-state index in [1.807, 2.05) is 53.4 Å². The molecule has 0 spiro atoms. The summed E-state index contributed by atoms with van der Waals surface area (Å²) in [5.41, 5.74) is 1.35. The number of carbonyl (C=O) groups is 1. The third-order valence-corrected chi connectivity index (χ3v) is 6.34. The number of benzene rings is 3. The minimum absolute atomic E-state index is 0.0439. The van der Waals surface area contributed by atoms with Crippen LogP contribution < -0.4 is 9.64 Å². The normalized spacial score (nSPS) is 14.1. The van der Waals surface area contributed by atoms with Gasteiger partial charge in [-0.1, -0.05) is 41.7 Å². The Hall–Kier alpha value is -3.45. The van der Waals surface area contributed by atoms with Crippen molar-refractivity contribution in [1.82, 2.24) is 9.88 Å². The molecule has 1 fully saturated rings. The Labute approximate surface area is 183 Å². The highest BCUT2D eigenvalue weighted by molar-refractivity contribution is 7.22. The fourth-order valence-corrected chi connectivity index (χ4v) is 4.68. The van der Waals surface area contributed by atoms with Crippen molar-refractivity contribution in [2.24, 2.45) is 0 Å². The second-order valence-corrected chi connectivity index (χ2v) is 8.31. The Kier molecular flexibility index (Phi) is 5.26. The summed E-state index contributed by atoms with van der Waals surface area (Å²) in [6.07, 6.45) is 0. The molecule has 0 N–H and O–H groups in total. The molecule has 4 aromatic rings. The van der Waals surface area contributed by atoms with Crippen molar-refractivity contribution in [3.63, 3.8) is 0 Å². The van der Waals surface area contributed by atoms with Crippen molar-refractivity contribution in [3.05, 3.63) is 84.2 Å². The van der Waals surface area contributed by atoms with E-state index in [1.165, 1.54) is 23.5 Å². The molecule has 156 valence electrons. The van der Waals surface area contributed by atoms with E-state index in [-0.39, 0.29) is 11.7 Å². The Balaban J connectivity index is 1.29. The maximum Gasteiger partial charge on any atom is 0.257 e. The number of carbonyl (C=O) groups excluding carboxylic acids is 1. The van der Waals surface area contributed by atoms with E-state index < -0.39 is 0 Å². The average Bonchev–Trinajstić information content (AvgIpc) is 3.23. The average molecular weight is 434 g/mol. The van der Waals surface area contributed by atoms with Gasteiger partial charge in [-0.3, -0.25) is 4.79 Å². The van der Waals surface area contributed by atoms with Gasteiger partial charge in [0, 0.05) is 26.2 Å². The van der Waals surface area contributed by atoms with Gasteiger partial charge in [0.2, 0.25) is 0 Å². The maximum absolute atomic E-state index is 13.5. The summed E-state index contributed by atoms with van der Waals surface area (Å²) in [6, 6.07) is 21.4. The highest BCUT2D eigenvalue weighted by Crippen LogP contribution is 2.31. The highest BCUT2D eigenvalue weighted by Gasteiger charge is 2.26. The quantitative estimate of drug-likeness (QED) is 0.444. The zero-order chi connectivity index (χ0) is 21.2. The second-order valence-electron chi connectivity index (χ2n) is 7.30. The van der Waals surface area contributed by atoms with Gasteiger partial charge >= 0.3 is 0 Å². The van der Waals surface area contributed by atoms with E-state index in [1.54, 1.807) is 12.1 Å². The van der Waals surface area contributed by atoms with E-state index in [9.17, 15) is 9.18 Å². The first-order valence-corrected chi connectivity index (χ1v) is 10.9. The molecule has 0 radical (unpaired) electrons. The van der Waals surface area contributed by atoms with Gasteiger partial charge in [0.05, 0.1) is 15.8 Å². The molecule has 0 unspecified atom stereocenters. The predicted molar refractivity (Wildman–Crippen MR) is 121 cm³/mol. The summed E-state index contributed by atoms with van der Waals surface area (Å²) >= 11 is 1.48. The Morgan fingerprint density at radius 3 is 2.48 bits per heavy atom. The molecule has 1 aromatic heterocycles. The summed E-state index contributed by atoms with van der Waals surface area (Å²) in [6.45, 7) is 2.52. The van der Waals surface area contributed by atoms with Crippen LogP contribution in [0.3, 0.4) is 0 Å². The number of rotatable bonds is 4. The molecule has 1 aliphatic rings. The van der Waals surface area contributed by atoms with Crippen molar-refractivity contribution >= 4 is 32.6 Å². The summed E-state index contributed by atoms with van der Waals surface area (Å²) < 4.78 is 20.3. The first kappa shape index (κ1) is 19.5. The zero-order valence-corrected chi connectivity index (χ0v) is 17.5. The van der Waals surface area contributed by atoms with Crippen molar-refractivity contribution in [2.75, 3.05) is 31.1 Å². The minimum Gasteiger partial charge on any atom is -0.457 e. The molecule has 1 amide bonds. The van der Waals surface area contributed by atoms with Crippen LogP contribution in [0.1, 0.15) is 10.4 Å². The number of hydrogen-bond acceptors (Lipinski definition) is 5. The van der Waals surface area contributed by atoms with E-state index >= 15 is 0 Å². The minimum atomic E-state index is -0.255. The monoisotopic (exact) mass is 433 g/mol. The van der Waals surface area contributed by atoms with Crippen LogP contribution in [0.25, 0.3) is 10.2 Å². The van der Waals surface area contributed by atoms with Crippen LogP contribution >= 0.6 is 11.3 Å². The molecule has 0 aliphatic carbocycles.